The van der Waals surface area contributed by atoms with Gasteiger partial charge < -0.3 is 0 Å². The van der Waals surface area contributed by atoms with E-state index in [1.807, 2.05) is 30.6 Å². The number of piperazine rings is 1. The number of alkyl halides is 2. The fourth-order valence-electron chi connectivity index (χ4n) is 4.26. The Bertz CT molecular complexity index is 1410. The monoisotopic (exact) mass is 587 g/mol. The molecule has 2 fully saturated rings. The number of nitrogens with one attached hydrogen (secondary N) is 1. The van der Waals surface area contributed by atoms with Gasteiger partial charge in [0, 0.05) is 0 Å². The van der Waals surface area contributed by atoms with E-state index in [4.69, 9.17) is 0 Å². The molecule has 0 spiro atoms. The molecule has 2 aliphatic rings. The van der Waals surface area contributed by atoms with Gasteiger partial charge in [0.2, 0.25) is 0 Å². The Morgan fingerprint density at radius 3 is 2.42 bits per heavy atom. The number of hydrogen-bond acceptors (Lipinski definition) is 7. The maximum atomic E-state index is 13.3. The number of anilines is 1. The van der Waals surface area contributed by atoms with Crippen LogP contribution >= 0.6 is 0 Å². The summed E-state index contributed by atoms with van der Waals surface area (Å²) in [6.45, 7) is 7.67. The summed E-state index contributed by atoms with van der Waals surface area (Å²) in [6, 6.07) is 3.14. The molecule has 1 aliphatic heterocycles. The van der Waals surface area contributed by atoms with Gasteiger partial charge in [-0.25, -0.2) is 0 Å². The molecular weight excluding hydrogens is 559 g/mol. The van der Waals surface area contributed by atoms with Crippen LogP contribution in [0.25, 0.3) is 15.6 Å². The van der Waals surface area contributed by atoms with Crippen LogP contribution in [-0.2, 0) is 14.8 Å². The van der Waals surface area contributed by atoms with Gasteiger partial charge in [-0.2, -0.15) is 0 Å². The number of carbonyl (C=O) groups excluding carboxylic acids is 1. The van der Waals surface area contributed by atoms with Gasteiger partial charge >= 0.3 is 214 Å². The predicted molar refractivity (Wildman–Crippen MR) is 130 cm³/mol. The summed E-state index contributed by atoms with van der Waals surface area (Å²) in [6.07, 6.45) is 0.422. The minimum absolute atomic E-state index is 0.0710. The van der Waals surface area contributed by atoms with Crippen molar-refractivity contribution in [3.63, 3.8) is 0 Å². The van der Waals surface area contributed by atoms with Crippen molar-refractivity contribution in [3.8, 4) is 4.69 Å². The van der Waals surface area contributed by atoms with Crippen LogP contribution in [0, 0.1) is 5.92 Å². The van der Waals surface area contributed by atoms with E-state index in [-0.39, 0.29) is 26.0 Å². The molecule has 3 heterocycles. The van der Waals surface area contributed by atoms with E-state index in [0.29, 0.717) is 42.8 Å². The molecule has 10 nitrogen and oxygen atoms in total. The van der Waals surface area contributed by atoms with Gasteiger partial charge in [0.15, 0.2) is 0 Å². The van der Waals surface area contributed by atoms with E-state index in [9.17, 15) is 22.0 Å². The summed E-state index contributed by atoms with van der Waals surface area (Å²) >= 11 is -0.829. The molecule has 0 unspecified atom stereocenters. The maximum absolute atomic E-state index is 13.3. The molecule has 14 heteroatoms. The molecule has 0 atom stereocenters. The summed E-state index contributed by atoms with van der Waals surface area (Å²) in [5.74, 6) is -0.0126. The molecule has 1 N–H and O–H groups in total. The average molecular weight is 587 g/mol. The normalized spacial score (nSPS) is 18.0. The zero-order valence-electron chi connectivity index (χ0n) is 20.1. The number of rotatable bonds is 7. The second-order valence-corrected chi connectivity index (χ2v) is 13.5. The molecule has 1 aromatic carbocycles. The van der Waals surface area contributed by atoms with Crippen LogP contribution in [0.15, 0.2) is 23.2 Å². The zero-order valence-corrected chi connectivity index (χ0v) is 22.6. The van der Waals surface area contributed by atoms with Gasteiger partial charge in [0.05, 0.1) is 0 Å². The molecule has 5 rings (SSSR count). The van der Waals surface area contributed by atoms with Gasteiger partial charge in [-0.05, 0) is 0 Å². The average Bonchev–Trinajstić information content (AvgIpc) is 3.22. The van der Waals surface area contributed by atoms with Crippen molar-refractivity contribution in [2.24, 2.45) is 5.92 Å². The van der Waals surface area contributed by atoms with Crippen LogP contribution in [-0.4, -0.2) is 85.4 Å². The van der Waals surface area contributed by atoms with Crippen molar-refractivity contribution in [2.75, 3.05) is 31.1 Å². The van der Waals surface area contributed by atoms with Gasteiger partial charge in [-0.15, -0.1) is 0 Å². The summed E-state index contributed by atoms with van der Waals surface area (Å²) in [4.78, 5) is 16.4. The SMILES string of the molecule is CC(C)C(=O)N1CCN(c2cc(S(=O)(=O)NC3(C)CC3)cc3c2cnn3-c2nnc(C(F)F)[se]2)CC1. The fourth-order valence-corrected chi connectivity index (χ4v) is 7.17. The number of carbonyl (C=O) groups is 1. The van der Waals surface area contributed by atoms with E-state index in [1.165, 1.54) is 10.7 Å². The van der Waals surface area contributed by atoms with Crippen LogP contribution in [0.3, 0.4) is 0 Å². The molecule has 1 saturated heterocycles. The Labute approximate surface area is 213 Å². The summed E-state index contributed by atoms with van der Waals surface area (Å²) in [5, 5.41) is 12.6. The molecule has 36 heavy (non-hydrogen) atoms. The number of fused-ring (bicyclic) bond motifs is 1. The molecular formula is C22H27F2N7O3SSe. The first-order chi connectivity index (χ1) is 17.0. The Morgan fingerprint density at radius 1 is 1.14 bits per heavy atom. The summed E-state index contributed by atoms with van der Waals surface area (Å²) < 4.78 is 57.1. The van der Waals surface area contributed by atoms with E-state index in [0.717, 1.165) is 12.8 Å². The Balaban J connectivity index is 1.57. The van der Waals surface area contributed by atoms with E-state index in [1.54, 1.807) is 12.3 Å². The number of benzene rings is 1. The van der Waals surface area contributed by atoms with E-state index < -0.39 is 36.5 Å². The van der Waals surface area contributed by atoms with Crippen molar-refractivity contribution >= 4 is 47.0 Å². The number of amides is 1. The summed E-state index contributed by atoms with van der Waals surface area (Å²) in [7, 11) is -3.85. The third kappa shape index (κ3) is 4.79. The zero-order chi connectivity index (χ0) is 25.8. The van der Waals surface area contributed by atoms with Crippen molar-refractivity contribution in [1.82, 2.24) is 29.6 Å². The quantitative estimate of drug-likeness (QED) is 0.421. The number of aromatic nitrogens is 4. The van der Waals surface area contributed by atoms with Crippen LogP contribution < -0.4 is 9.62 Å². The third-order valence-electron chi connectivity index (χ3n) is 6.56. The van der Waals surface area contributed by atoms with E-state index in [2.05, 4.69) is 20.0 Å². The summed E-state index contributed by atoms with van der Waals surface area (Å²) in [5.41, 5.74) is 0.661. The first-order valence-electron chi connectivity index (χ1n) is 11.7. The van der Waals surface area contributed by atoms with Gasteiger partial charge in [0.1, 0.15) is 0 Å². The number of sulfonamides is 1. The number of halogens is 2. The van der Waals surface area contributed by atoms with Crippen molar-refractivity contribution in [2.45, 2.75) is 50.5 Å². The molecule has 1 aliphatic carbocycles. The van der Waals surface area contributed by atoms with E-state index >= 15 is 0 Å². The Hall–Kier alpha value is -2.41. The molecule has 0 radical (unpaired) electrons. The number of hydrogen-bond donors (Lipinski definition) is 1. The topological polar surface area (TPSA) is 113 Å². The fraction of sp³-hybridized carbons (Fsp3) is 0.545. The Morgan fingerprint density at radius 2 is 1.83 bits per heavy atom. The molecule has 1 amide bonds. The molecule has 3 aromatic rings. The first kappa shape index (κ1) is 25.2. The van der Waals surface area contributed by atoms with Crippen LogP contribution in [0.2, 0.25) is 0 Å². The van der Waals surface area contributed by atoms with Crippen LogP contribution in [0.4, 0.5) is 14.5 Å². The van der Waals surface area contributed by atoms with Gasteiger partial charge in [-0.3, -0.25) is 0 Å². The second-order valence-electron chi connectivity index (χ2n) is 9.79. The predicted octanol–water partition coefficient (Wildman–Crippen LogP) is 1.95. The van der Waals surface area contributed by atoms with Gasteiger partial charge in [0.25, 0.3) is 0 Å². The first-order valence-corrected chi connectivity index (χ1v) is 14.9. The van der Waals surface area contributed by atoms with Crippen LogP contribution in [0.5, 0.6) is 0 Å². The van der Waals surface area contributed by atoms with Crippen molar-refractivity contribution < 1.29 is 22.0 Å². The van der Waals surface area contributed by atoms with Gasteiger partial charge in [-0.1, -0.05) is 0 Å². The van der Waals surface area contributed by atoms with Crippen LogP contribution in [0.1, 0.15) is 44.6 Å². The Kier molecular flexibility index (Phi) is 6.42. The molecule has 1 saturated carbocycles. The second kappa shape index (κ2) is 9.16. The van der Waals surface area contributed by atoms with Crippen molar-refractivity contribution in [1.29, 1.82) is 0 Å². The number of nitrogens with zero attached hydrogens (tertiary/aromatic N) is 6. The molecule has 2 aromatic heterocycles. The standard InChI is InChI=1S/C22H27F2N7O3SSe/c1-13(2)20(32)30-8-6-29(7-9-30)16-10-14(35(33,34)28-22(3)4-5-22)11-17-15(16)12-25-31(17)21-27-26-19(36-21)18(23)24/h10-13,18,28H,4-9H2,1-3H3. The van der Waals surface area contributed by atoms with Crippen molar-refractivity contribution in [3.05, 3.63) is 22.9 Å². The third-order valence-corrected chi connectivity index (χ3v) is 10.1. The molecule has 0 bridgehead atoms. The minimum atomic E-state index is -3.85. The molecule has 194 valence electrons.